The molecule has 0 aromatic carbocycles. The van der Waals surface area contributed by atoms with Gasteiger partial charge in [0.05, 0.1) is 50.3 Å². The predicted molar refractivity (Wildman–Crippen MR) is 72.4 cm³/mol. The van der Waals surface area contributed by atoms with E-state index < -0.39 is 74.7 Å². The number of aliphatic carboxylic acids is 4. The molecular formula is C12H20CoFeO16. The van der Waals surface area contributed by atoms with Crippen LogP contribution in [0.2, 0.25) is 0 Å². The predicted octanol–water partition coefficient (Wildman–Crippen LogP) is -11.6. The fourth-order valence-corrected chi connectivity index (χ4v) is 0.298. The van der Waals surface area contributed by atoms with Crippen molar-refractivity contribution in [1.82, 2.24) is 0 Å². The third-order valence-electron chi connectivity index (χ3n) is 1.78. The van der Waals surface area contributed by atoms with E-state index in [0.717, 1.165) is 0 Å². The van der Waals surface area contributed by atoms with E-state index >= 15 is 0 Å². The van der Waals surface area contributed by atoms with Gasteiger partial charge in [0.15, 0.2) is 0 Å². The van der Waals surface area contributed by atoms with Crippen molar-refractivity contribution in [1.29, 1.82) is 0 Å². The molecule has 0 aromatic rings. The summed E-state index contributed by atoms with van der Waals surface area (Å²) in [7, 11) is 0. The molecule has 0 rings (SSSR count). The molecule has 8 N–H and O–H groups in total. The Hall–Kier alpha value is -1.41. The molecular weight excluding hydrogens is 515 g/mol. The number of hydrogen-bond donors (Lipinski definition) is 8. The van der Waals surface area contributed by atoms with Gasteiger partial charge in [-0.2, -0.15) is 0 Å². The molecule has 181 valence electrons. The number of carboxylic acid groups (broad SMARTS) is 4. The normalized spacial score (nSPS) is 12.5. The third-order valence-corrected chi connectivity index (χ3v) is 1.78. The summed E-state index contributed by atoms with van der Waals surface area (Å²) in [6, 6.07) is 0. The van der Waals surface area contributed by atoms with Gasteiger partial charge in [-0.25, -0.2) is 0 Å². The van der Waals surface area contributed by atoms with Gasteiger partial charge in [-0.05, 0) is 0 Å². The molecule has 0 aliphatic heterocycles. The Morgan fingerprint density at radius 3 is 0.600 bits per heavy atom. The van der Waals surface area contributed by atoms with E-state index in [9.17, 15) is 39.6 Å². The summed E-state index contributed by atoms with van der Waals surface area (Å²) >= 11 is 0. The fraction of sp³-hybridized carbons (Fsp3) is 0.667. The Labute approximate surface area is 189 Å². The first kappa shape index (κ1) is 42.6. The second kappa shape index (κ2) is 27.6. The van der Waals surface area contributed by atoms with Crippen LogP contribution in [-0.4, -0.2) is 116 Å². The first-order valence-electron chi connectivity index (χ1n) is 6.72. The van der Waals surface area contributed by atoms with E-state index in [-0.39, 0.29) is 33.8 Å². The Kier molecular flexibility index (Phi) is 39.2. The maximum atomic E-state index is 9.41. The number of carboxylic acids is 4. The molecule has 0 spiro atoms. The van der Waals surface area contributed by atoms with Crippen LogP contribution in [0.15, 0.2) is 0 Å². The van der Waals surface area contributed by atoms with Gasteiger partial charge in [-0.1, -0.05) is 0 Å². The smallest absolute Gasteiger partial charge is 0.547 e. The van der Waals surface area contributed by atoms with E-state index in [0.29, 0.717) is 0 Å². The second-order valence-electron chi connectivity index (χ2n) is 4.07. The van der Waals surface area contributed by atoms with Crippen molar-refractivity contribution in [3.63, 3.8) is 0 Å². The van der Waals surface area contributed by atoms with Crippen LogP contribution in [-0.2, 0) is 53.0 Å². The number of rotatable bonds is 8. The molecule has 30 heavy (non-hydrogen) atoms. The number of carbonyl (C=O) groups is 4. The summed E-state index contributed by atoms with van der Waals surface area (Å²) in [6.45, 7) is -3.16. The monoisotopic (exact) mass is 535 g/mol. The molecule has 0 heterocycles. The molecule has 0 amide bonds. The first-order chi connectivity index (χ1) is 12.7. The van der Waals surface area contributed by atoms with Gasteiger partial charge < -0.3 is 80.5 Å². The minimum Gasteiger partial charge on any atom is -0.547 e. The minimum absolute atomic E-state index is 0. The molecule has 0 aliphatic rings. The zero-order valence-corrected chi connectivity index (χ0v) is 16.8. The van der Waals surface area contributed by atoms with Crippen molar-refractivity contribution >= 4 is 23.9 Å². The molecule has 16 nitrogen and oxygen atoms in total. The van der Waals surface area contributed by atoms with Crippen LogP contribution in [0.25, 0.3) is 0 Å². The Bertz CT molecular complexity index is 370. The number of aliphatic hydroxyl groups excluding tert-OH is 8. The number of hydrogen-bond acceptors (Lipinski definition) is 16. The fourth-order valence-electron chi connectivity index (χ4n) is 0.298. The van der Waals surface area contributed by atoms with Gasteiger partial charge >= 0.3 is 33.8 Å². The van der Waals surface area contributed by atoms with E-state index in [4.69, 9.17) is 40.9 Å². The molecule has 4 atom stereocenters. The van der Waals surface area contributed by atoms with Crippen molar-refractivity contribution in [2.75, 3.05) is 26.4 Å². The first-order valence-corrected chi connectivity index (χ1v) is 6.72. The largest absolute Gasteiger partial charge is 2.00 e. The van der Waals surface area contributed by atoms with Crippen LogP contribution in [0.3, 0.4) is 0 Å². The van der Waals surface area contributed by atoms with Gasteiger partial charge in [-0.3, -0.25) is 0 Å². The zero-order valence-electron chi connectivity index (χ0n) is 14.7. The quantitative estimate of drug-likeness (QED) is 0.134. The number of carbonyl (C=O) groups excluding carboxylic acids is 4. The van der Waals surface area contributed by atoms with Crippen LogP contribution in [0, 0.1) is 0 Å². The summed E-state index contributed by atoms with van der Waals surface area (Å²) in [4.78, 5) is 37.6. The molecule has 0 fully saturated rings. The number of aliphatic hydroxyl groups is 8. The molecule has 0 aromatic heterocycles. The van der Waals surface area contributed by atoms with Crippen LogP contribution >= 0.6 is 0 Å². The molecule has 0 aliphatic carbocycles. The van der Waals surface area contributed by atoms with Crippen LogP contribution in [0.4, 0.5) is 0 Å². The van der Waals surface area contributed by atoms with E-state index in [1.807, 2.05) is 0 Å². The second-order valence-corrected chi connectivity index (χ2v) is 4.07. The average Bonchev–Trinajstić information content (AvgIpc) is 2.66. The zero-order chi connectivity index (χ0) is 23.4. The van der Waals surface area contributed by atoms with Crippen molar-refractivity contribution in [2.45, 2.75) is 24.4 Å². The molecule has 0 bridgehead atoms. The van der Waals surface area contributed by atoms with Crippen LogP contribution in [0.1, 0.15) is 0 Å². The van der Waals surface area contributed by atoms with Gasteiger partial charge in [-0.15, -0.1) is 0 Å². The van der Waals surface area contributed by atoms with Crippen molar-refractivity contribution < 1.29 is 114 Å². The Morgan fingerprint density at radius 2 is 0.600 bits per heavy atom. The van der Waals surface area contributed by atoms with E-state index in [2.05, 4.69) is 0 Å². The maximum absolute atomic E-state index is 9.41. The van der Waals surface area contributed by atoms with Crippen molar-refractivity contribution in [2.24, 2.45) is 0 Å². The minimum atomic E-state index is -1.74. The summed E-state index contributed by atoms with van der Waals surface area (Å²) in [5.41, 5.74) is 0. The molecule has 4 unspecified atom stereocenters. The maximum Gasteiger partial charge on any atom is 2.00 e. The van der Waals surface area contributed by atoms with Crippen LogP contribution < -0.4 is 20.4 Å². The topological polar surface area (TPSA) is 322 Å². The summed E-state index contributed by atoms with van der Waals surface area (Å²) in [5, 5.41) is 101. The molecule has 18 heteroatoms. The Balaban J connectivity index is -0.0000000626. The van der Waals surface area contributed by atoms with Crippen molar-refractivity contribution in [3.8, 4) is 0 Å². The van der Waals surface area contributed by atoms with Gasteiger partial charge in [0.1, 0.15) is 24.4 Å². The summed E-state index contributed by atoms with van der Waals surface area (Å²) in [5.74, 6) is -6.60. The van der Waals surface area contributed by atoms with Gasteiger partial charge in [0, 0.05) is 0 Å². The molecule has 0 saturated heterocycles. The van der Waals surface area contributed by atoms with Crippen molar-refractivity contribution in [3.05, 3.63) is 0 Å². The summed E-state index contributed by atoms with van der Waals surface area (Å²) < 4.78 is 0. The third kappa shape index (κ3) is 34.1. The molecule has 0 saturated carbocycles. The standard InChI is InChI=1S/4C3H6O4.Co.Fe/c4*4-1-2(5)3(6)7;;/h4*2,4-5H,1H2,(H,6,7);;/q;;;;2*+2/p-4. The van der Waals surface area contributed by atoms with Crippen LogP contribution in [0.5, 0.6) is 0 Å². The van der Waals surface area contributed by atoms with E-state index in [1.54, 1.807) is 0 Å². The molecule has 1 radical (unpaired) electrons. The Morgan fingerprint density at radius 1 is 0.500 bits per heavy atom. The van der Waals surface area contributed by atoms with Gasteiger partial charge in [0.2, 0.25) is 0 Å². The van der Waals surface area contributed by atoms with Gasteiger partial charge in [0.25, 0.3) is 0 Å². The average molecular weight is 535 g/mol. The SMILES string of the molecule is O=C([O-])C(O)CO.O=C([O-])C(O)CO.O=C([O-])C(O)CO.O=C([O-])C(O)CO.[Co+2].[Fe+2]. The van der Waals surface area contributed by atoms with E-state index in [1.165, 1.54) is 0 Å². The summed E-state index contributed by atoms with van der Waals surface area (Å²) in [6.07, 6.45) is -6.94.